The summed E-state index contributed by atoms with van der Waals surface area (Å²) >= 11 is 0. The van der Waals surface area contributed by atoms with Crippen molar-refractivity contribution in [2.45, 2.75) is 96.3 Å². The minimum absolute atomic E-state index is 0.183. The van der Waals surface area contributed by atoms with Gasteiger partial charge < -0.3 is 23.7 Å². The van der Waals surface area contributed by atoms with E-state index in [9.17, 15) is 0 Å². The minimum Gasteiger partial charge on any atom is -0.374 e. The van der Waals surface area contributed by atoms with Crippen molar-refractivity contribution in [2.24, 2.45) is 0 Å². The van der Waals surface area contributed by atoms with Gasteiger partial charge in [0.05, 0.1) is 32.5 Å². The molecule has 216 valence electrons. The molecule has 1 fully saturated rings. The standard InChI is InChI=1S/C35H46O5/c1-2-3-4-5-6-16-23-37-34-24-32(38-26-30-19-12-8-13-20-30)35(39-27-31-21-14-9-15-22-31)33(40-34)28-36-25-29-17-10-7-11-18-29/h7-15,17-22,32-35H,2-6,16,23-28H2,1H3/t32-,33-,34?,35+/m1/s1. The van der Waals surface area contributed by atoms with Crippen LogP contribution in [0.15, 0.2) is 91.0 Å². The SMILES string of the molecule is CCCCCCCCOC1C[C@@H](OCc2ccccc2)[C@H](OCc2ccccc2)[C@@H](COCc2ccccc2)O1. The van der Waals surface area contributed by atoms with E-state index in [1.54, 1.807) is 0 Å². The Labute approximate surface area is 240 Å². The molecule has 1 heterocycles. The highest BCUT2D eigenvalue weighted by Gasteiger charge is 2.41. The molecule has 4 atom stereocenters. The summed E-state index contributed by atoms with van der Waals surface area (Å²) in [6, 6.07) is 30.7. The lowest BCUT2D eigenvalue weighted by atomic mass is 10.0. The van der Waals surface area contributed by atoms with E-state index in [2.05, 4.69) is 43.3 Å². The Morgan fingerprint density at radius 3 is 1.80 bits per heavy atom. The quantitative estimate of drug-likeness (QED) is 0.152. The maximum absolute atomic E-state index is 6.53. The van der Waals surface area contributed by atoms with Crippen molar-refractivity contribution in [1.29, 1.82) is 0 Å². The Hall–Kier alpha value is -2.54. The van der Waals surface area contributed by atoms with Crippen LogP contribution in [0.5, 0.6) is 0 Å². The van der Waals surface area contributed by atoms with Gasteiger partial charge >= 0.3 is 0 Å². The van der Waals surface area contributed by atoms with E-state index in [0.717, 1.165) is 23.1 Å². The van der Waals surface area contributed by atoms with E-state index in [4.69, 9.17) is 23.7 Å². The fourth-order valence-corrected chi connectivity index (χ4v) is 5.02. The molecule has 5 heteroatoms. The Balaban J connectivity index is 1.41. The maximum Gasteiger partial charge on any atom is 0.160 e. The van der Waals surface area contributed by atoms with E-state index in [-0.39, 0.29) is 24.6 Å². The van der Waals surface area contributed by atoms with Gasteiger partial charge in [-0.05, 0) is 23.1 Å². The normalized spacial score (nSPS) is 20.9. The van der Waals surface area contributed by atoms with E-state index in [1.165, 1.54) is 32.1 Å². The largest absolute Gasteiger partial charge is 0.374 e. The van der Waals surface area contributed by atoms with Gasteiger partial charge in [0.25, 0.3) is 0 Å². The number of hydrogen-bond acceptors (Lipinski definition) is 5. The van der Waals surface area contributed by atoms with Crippen molar-refractivity contribution in [3.8, 4) is 0 Å². The molecule has 40 heavy (non-hydrogen) atoms. The van der Waals surface area contributed by atoms with Crippen molar-refractivity contribution in [2.75, 3.05) is 13.2 Å². The van der Waals surface area contributed by atoms with Crippen LogP contribution < -0.4 is 0 Å². The highest BCUT2D eigenvalue weighted by atomic mass is 16.7. The van der Waals surface area contributed by atoms with Crippen LogP contribution in [0.4, 0.5) is 0 Å². The summed E-state index contributed by atoms with van der Waals surface area (Å²) < 4.78 is 32.0. The number of hydrogen-bond donors (Lipinski definition) is 0. The van der Waals surface area contributed by atoms with E-state index >= 15 is 0 Å². The van der Waals surface area contributed by atoms with E-state index in [1.807, 2.05) is 54.6 Å². The van der Waals surface area contributed by atoms with Crippen LogP contribution in [0, 0.1) is 0 Å². The zero-order valence-corrected chi connectivity index (χ0v) is 24.0. The van der Waals surface area contributed by atoms with Crippen LogP contribution in [0.25, 0.3) is 0 Å². The van der Waals surface area contributed by atoms with Crippen LogP contribution in [-0.2, 0) is 43.5 Å². The van der Waals surface area contributed by atoms with Gasteiger partial charge in [-0.2, -0.15) is 0 Å². The third-order valence-electron chi connectivity index (χ3n) is 7.27. The van der Waals surface area contributed by atoms with Gasteiger partial charge in [0, 0.05) is 13.0 Å². The van der Waals surface area contributed by atoms with Crippen molar-refractivity contribution in [1.82, 2.24) is 0 Å². The lowest BCUT2D eigenvalue weighted by molar-refractivity contribution is -0.278. The first-order chi connectivity index (χ1) is 19.8. The highest BCUT2D eigenvalue weighted by molar-refractivity contribution is 5.15. The second-order valence-electron chi connectivity index (χ2n) is 10.6. The number of benzene rings is 3. The first-order valence-electron chi connectivity index (χ1n) is 15.0. The van der Waals surface area contributed by atoms with Crippen LogP contribution in [0.3, 0.4) is 0 Å². The van der Waals surface area contributed by atoms with Crippen molar-refractivity contribution in [3.63, 3.8) is 0 Å². The molecule has 5 nitrogen and oxygen atoms in total. The molecule has 4 rings (SSSR count). The molecule has 1 aliphatic heterocycles. The highest BCUT2D eigenvalue weighted by Crippen LogP contribution is 2.29. The summed E-state index contributed by atoms with van der Waals surface area (Å²) in [6.07, 6.45) is 6.86. The Kier molecular flexibility index (Phi) is 13.7. The van der Waals surface area contributed by atoms with Crippen LogP contribution in [0.1, 0.15) is 68.6 Å². The van der Waals surface area contributed by atoms with Gasteiger partial charge in [-0.15, -0.1) is 0 Å². The Bertz CT molecular complexity index is 1030. The van der Waals surface area contributed by atoms with Gasteiger partial charge in [-0.3, -0.25) is 0 Å². The third-order valence-corrected chi connectivity index (χ3v) is 7.27. The Morgan fingerprint density at radius 1 is 0.625 bits per heavy atom. The molecular formula is C35H46O5. The molecule has 3 aromatic rings. The van der Waals surface area contributed by atoms with Crippen molar-refractivity contribution >= 4 is 0 Å². The number of unbranched alkanes of at least 4 members (excludes halogenated alkanes) is 5. The second-order valence-corrected chi connectivity index (χ2v) is 10.6. The predicted octanol–water partition coefficient (Wildman–Crippen LogP) is 7.87. The van der Waals surface area contributed by atoms with Crippen LogP contribution in [-0.4, -0.2) is 37.8 Å². The fraction of sp³-hybridized carbons (Fsp3) is 0.486. The van der Waals surface area contributed by atoms with E-state index in [0.29, 0.717) is 39.5 Å². The number of rotatable bonds is 18. The molecule has 0 saturated carbocycles. The molecule has 0 radical (unpaired) electrons. The number of ether oxygens (including phenoxy) is 5. The molecule has 0 N–H and O–H groups in total. The first kappa shape index (κ1) is 30.4. The van der Waals surface area contributed by atoms with E-state index < -0.39 is 0 Å². The molecule has 3 aromatic carbocycles. The first-order valence-corrected chi connectivity index (χ1v) is 15.0. The maximum atomic E-state index is 6.53. The fourth-order valence-electron chi connectivity index (χ4n) is 5.02. The third kappa shape index (κ3) is 10.8. The summed E-state index contributed by atoms with van der Waals surface area (Å²) in [6.45, 7) is 4.85. The predicted molar refractivity (Wildman–Crippen MR) is 159 cm³/mol. The lowest BCUT2D eigenvalue weighted by Crippen LogP contribution is -2.53. The summed E-state index contributed by atoms with van der Waals surface area (Å²) in [4.78, 5) is 0. The van der Waals surface area contributed by atoms with Gasteiger partial charge in [-0.25, -0.2) is 0 Å². The minimum atomic E-state index is -0.349. The summed E-state index contributed by atoms with van der Waals surface area (Å²) in [5, 5.41) is 0. The molecule has 1 aliphatic rings. The van der Waals surface area contributed by atoms with Crippen LogP contribution >= 0.6 is 0 Å². The smallest absolute Gasteiger partial charge is 0.160 e. The molecule has 0 amide bonds. The topological polar surface area (TPSA) is 46.2 Å². The monoisotopic (exact) mass is 546 g/mol. The second kappa shape index (κ2) is 18.0. The average molecular weight is 547 g/mol. The van der Waals surface area contributed by atoms with Gasteiger partial charge in [0.2, 0.25) is 0 Å². The zero-order chi connectivity index (χ0) is 27.7. The summed E-state index contributed by atoms with van der Waals surface area (Å²) in [5.41, 5.74) is 3.39. The molecule has 1 unspecified atom stereocenters. The molecular weight excluding hydrogens is 500 g/mol. The summed E-state index contributed by atoms with van der Waals surface area (Å²) in [5.74, 6) is 0. The molecule has 0 aliphatic carbocycles. The zero-order valence-electron chi connectivity index (χ0n) is 24.0. The average Bonchev–Trinajstić information content (AvgIpc) is 3.00. The molecule has 0 spiro atoms. The Morgan fingerprint density at radius 2 is 1.18 bits per heavy atom. The van der Waals surface area contributed by atoms with Gasteiger partial charge in [-0.1, -0.05) is 130 Å². The van der Waals surface area contributed by atoms with Gasteiger partial charge in [0.1, 0.15) is 12.2 Å². The lowest BCUT2D eigenvalue weighted by Gasteiger charge is -2.41. The summed E-state index contributed by atoms with van der Waals surface area (Å²) in [7, 11) is 0. The van der Waals surface area contributed by atoms with Crippen LogP contribution in [0.2, 0.25) is 0 Å². The molecule has 0 bridgehead atoms. The van der Waals surface area contributed by atoms with Crippen molar-refractivity contribution in [3.05, 3.63) is 108 Å². The van der Waals surface area contributed by atoms with Gasteiger partial charge in [0.15, 0.2) is 6.29 Å². The molecule has 1 saturated heterocycles. The molecule has 0 aromatic heterocycles. The van der Waals surface area contributed by atoms with Crippen molar-refractivity contribution < 1.29 is 23.7 Å².